The Hall–Kier alpha value is -4.45. The average molecular weight is 483 g/mol. The van der Waals surface area contributed by atoms with Gasteiger partial charge in [0.2, 0.25) is 5.95 Å². The van der Waals surface area contributed by atoms with Crippen LogP contribution in [0.3, 0.4) is 0 Å². The molecule has 2 aromatic heterocycles. The zero-order chi connectivity index (χ0) is 25.0. The summed E-state index contributed by atoms with van der Waals surface area (Å²) in [6.45, 7) is 5.02. The Morgan fingerprint density at radius 1 is 1.22 bits per heavy atom. The molecule has 0 spiro atoms. The fourth-order valence-corrected chi connectivity index (χ4v) is 5.04. The third kappa shape index (κ3) is 3.37. The molecule has 0 radical (unpaired) electrons. The van der Waals surface area contributed by atoms with Crippen molar-refractivity contribution in [2.24, 2.45) is 0 Å². The van der Waals surface area contributed by atoms with E-state index >= 15 is 0 Å². The Morgan fingerprint density at radius 2 is 2.08 bits per heavy atom. The van der Waals surface area contributed by atoms with E-state index < -0.39 is 0 Å². The molecule has 36 heavy (non-hydrogen) atoms. The average Bonchev–Trinajstić information content (AvgIpc) is 3.53. The van der Waals surface area contributed by atoms with Crippen LogP contribution < -0.4 is 10.1 Å². The molecule has 4 aromatic rings. The number of amides is 1. The molecule has 8 nitrogen and oxygen atoms in total. The molecule has 9 heteroatoms. The highest BCUT2D eigenvalue weighted by Crippen LogP contribution is 2.36. The number of hydrogen-bond acceptors (Lipinski definition) is 6. The van der Waals surface area contributed by atoms with E-state index in [0.29, 0.717) is 53.6 Å². The summed E-state index contributed by atoms with van der Waals surface area (Å²) in [7, 11) is 0. The quantitative estimate of drug-likeness (QED) is 0.466. The summed E-state index contributed by atoms with van der Waals surface area (Å²) in [5.41, 5.74) is 5.40. The summed E-state index contributed by atoms with van der Waals surface area (Å²) in [6.07, 6.45) is 3.94. The van der Waals surface area contributed by atoms with E-state index in [1.807, 2.05) is 26.0 Å². The van der Waals surface area contributed by atoms with Crippen LogP contribution in [0.15, 0.2) is 42.9 Å². The van der Waals surface area contributed by atoms with Crippen molar-refractivity contribution in [2.45, 2.75) is 39.4 Å². The van der Waals surface area contributed by atoms with Crippen LogP contribution in [0.5, 0.6) is 5.75 Å². The maximum absolute atomic E-state index is 14.7. The zero-order valence-corrected chi connectivity index (χ0v) is 19.9. The number of nitrogens with one attached hydrogen (secondary N) is 1. The van der Waals surface area contributed by atoms with E-state index in [0.717, 1.165) is 22.3 Å². The molecule has 180 valence electrons. The molecule has 1 amide bonds. The summed E-state index contributed by atoms with van der Waals surface area (Å²) in [5.74, 6) is 0.665. The summed E-state index contributed by atoms with van der Waals surface area (Å²) in [6, 6.07) is 10.7. The van der Waals surface area contributed by atoms with Crippen LogP contribution in [0.1, 0.15) is 46.6 Å². The second-order valence-corrected chi connectivity index (χ2v) is 9.27. The van der Waals surface area contributed by atoms with Gasteiger partial charge in [0.25, 0.3) is 5.91 Å². The van der Waals surface area contributed by atoms with E-state index in [9.17, 15) is 14.4 Å². The number of fused-ring (bicyclic) bond motifs is 3. The molecule has 0 saturated heterocycles. The molecule has 2 aromatic carbocycles. The van der Waals surface area contributed by atoms with Crippen LogP contribution in [0, 0.1) is 17.1 Å². The second kappa shape index (κ2) is 8.34. The number of ether oxygens (including phenoxy) is 1. The van der Waals surface area contributed by atoms with Crippen LogP contribution in [0.25, 0.3) is 16.6 Å². The van der Waals surface area contributed by atoms with Gasteiger partial charge in [-0.1, -0.05) is 6.07 Å². The number of nitriles is 1. The highest BCUT2D eigenvalue weighted by Gasteiger charge is 2.30. The van der Waals surface area contributed by atoms with Crippen molar-refractivity contribution in [1.29, 1.82) is 5.26 Å². The van der Waals surface area contributed by atoms with Crippen LogP contribution in [0.4, 0.5) is 10.3 Å². The van der Waals surface area contributed by atoms with Gasteiger partial charge in [0.1, 0.15) is 17.9 Å². The van der Waals surface area contributed by atoms with Crippen LogP contribution in [-0.2, 0) is 19.5 Å². The van der Waals surface area contributed by atoms with Crippen molar-refractivity contribution in [3.8, 4) is 22.9 Å². The number of aromatic nitrogens is 3. The first kappa shape index (κ1) is 22.0. The number of halogens is 1. The lowest BCUT2D eigenvalue weighted by Crippen LogP contribution is -2.37. The van der Waals surface area contributed by atoms with Crippen LogP contribution in [0.2, 0.25) is 0 Å². The second-order valence-electron chi connectivity index (χ2n) is 9.27. The van der Waals surface area contributed by atoms with Crippen molar-refractivity contribution in [1.82, 2.24) is 19.3 Å². The van der Waals surface area contributed by atoms with E-state index in [4.69, 9.17) is 4.74 Å². The monoisotopic (exact) mass is 482 g/mol. The fraction of sp³-hybridized carbons (Fsp3) is 0.259. The molecule has 2 aliphatic rings. The van der Waals surface area contributed by atoms with E-state index in [2.05, 4.69) is 21.4 Å². The molecule has 0 bridgehead atoms. The number of rotatable bonds is 4. The van der Waals surface area contributed by atoms with Gasteiger partial charge in [0.05, 0.1) is 23.8 Å². The van der Waals surface area contributed by atoms with Gasteiger partial charge in [-0.15, -0.1) is 0 Å². The Kier molecular flexibility index (Phi) is 5.11. The van der Waals surface area contributed by atoms with Gasteiger partial charge < -0.3 is 15.0 Å². The number of carbonyl (C=O) groups is 1. The van der Waals surface area contributed by atoms with Crippen molar-refractivity contribution < 1.29 is 13.9 Å². The lowest BCUT2D eigenvalue weighted by atomic mass is 9.95. The van der Waals surface area contributed by atoms with Gasteiger partial charge in [0.15, 0.2) is 5.69 Å². The lowest BCUT2D eigenvalue weighted by molar-refractivity contribution is 0.0686. The SMILES string of the molecule is CC(C)N1Cc2cc(C#N)ccc2-c2cnc(NCc3c(F)ccc4c3CCO4)n3cnc(c23)C1=O. The van der Waals surface area contributed by atoms with Gasteiger partial charge in [-0.3, -0.25) is 9.20 Å². The molecule has 2 aliphatic heterocycles. The first-order chi connectivity index (χ1) is 17.5. The number of hydrogen-bond donors (Lipinski definition) is 1. The largest absolute Gasteiger partial charge is 0.493 e. The first-order valence-electron chi connectivity index (χ1n) is 11.8. The van der Waals surface area contributed by atoms with Crippen LogP contribution >= 0.6 is 0 Å². The molecule has 0 fully saturated rings. The van der Waals surface area contributed by atoms with Gasteiger partial charge in [-0.25, -0.2) is 14.4 Å². The number of carbonyl (C=O) groups excluding carboxylic acids is 1. The summed E-state index contributed by atoms with van der Waals surface area (Å²) >= 11 is 0. The summed E-state index contributed by atoms with van der Waals surface area (Å²) < 4.78 is 22.0. The normalized spacial score (nSPS) is 14.2. The minimum absolute atomic E-state index is 0.0702. The standard InChI is InChI=1S/C27H23FN6O2/c1-15(2)33-13-17-9-16(10-29)3-4-18(17)21-12-31-27(34-14-32-24(25(21)34)26(33)35)30-11-20-19-7-8-36-23(19)6-5-22(20)28/h3-6,9,12,14-15H,7-8,11,13H2,1-2H3,(H,30,31). The zero-order valence-electron chi connectivity index (χ0n) is 19.9. The molecular formula is C27H23FN6O2. The Bertz CT molecular complexity index is 1590. The minimum atomic E-state index is -0.301. The maximum Gasteiger partial charge on any atom is 0.275 e. The highest BCUT2D eigenvalue weighted by molar-refractivity contribution is 6.04. The Labute approximate surface area is 207 Å². The van der Waals surface area contributed by atoms with Gasteiger partial charge >= 0.3 is 0 Å². The smallest absolute Gasteiger partial charge is 0.275 e. The van der Waals surface area contributed by atoms with E-state index in [1.54, 1.807) is 34.0 Å². The fourth-order valence-electron chi connectivity index (χ4n) is 5.04. The number of nitrogens with zero attached hydrogens (tertiary/aromatic N) is 5. The van der Waals surface area contributed by atoms with Crippen molar-refractivity contribution >= 4 is 17.4 Å². The molecule has 0 aliphatic carbocycles. The number of imidazole rings is 1. The maximum atomic E-state index is 14.7. The third-order valence-electron chi connectivity index (χ3n) is 6.88. The van der Waals surface area contributed by atoms with Gasteiger partial charge in [-0.2, -0.15) is 5.26 Å². The van der Waals surface area contributed by atoms with Crippen LogP contribution in [-0.4, -0.2) is 37.8 Å². The molecule has 6 rings (SSSR count). The molecular weight excluding hydrogens is 459 g/mol. The summed E-state index contributed by atoms with van der Waals surface area (Å²) in [4.78, 5) is 24.4. The van der Waals surface area contributed by atoms with E-state index in [-0.39, 0.29) is 24.3 Å². The van der Waals surface area contributed by atoms with Crippen molar-refractivity contribution in [3.63, 3.8) is 0 Å². The predicted octanol–water partition coefficient (Wildman–Crippen LogP) is 4.32. The topological polar surface area (TPSA) is 95.6 Å². The number of anilines is 1. The first-order valence-corrected chi connectivity index (χ1v) is 11.8. The lowest BCUT2D eigenvalue weighted by Gasteiger charge is -2.29. The Morgan fingerprint density at radius 3 is 2.89 bits per heavy atom. The summed E-state index contributed by atoms with van der Waals surface area (Å²) in [5, 5.41) is 12.7. The molecule has 0 saturated carbocycles. The third-order valence-corrected chi connectivity index (χ3v) is 6.88. The highest BCUT2D eigenvalue weighted by atomic mass is 19.1. The molecule has 0 unspecified atom stereocenters. The minimum Gasteiger partial charge on any atom is -0.493 e. The number of benzene rings is 2. The van der Waals surface area contributed by atoms with Crippen molar-refractivity contribution in [3.05, 3.63) is 76.6 Å². The predicted molar refractivity (Wildman–Crippen MR) is 131 cm³/mol. The van der Waals surface area contributed by atoms with Crippen molar-refractivity contribution in [2.75, 3.05) is 11.9 Å². The molecule has 4 heterocycles. The molecule has 1 N–H and O–H groups in total. The van der Waals surface area contributed by atoms with E-state index in [1.165, 1.54) is 6.07 Å². The molecule has 0 atom stereocenters. The Balaban J connectivity index is 1.48. The van der Waals surface area contributed by atoms with Gasteiger partial charge in [-0.05, 0) is 49.2 Å². The van der Waals surface area contributed by atoms with Gasteiger partial charge in [0, 0.05) is 48.4 Å².